The summed E-state index contributed by atoms with van der Waals surface area (Å²) in [6, 6.07) is 0. The number of carbonyl (C=O) groups is 1. The number of hydrogen-bond donors (Lipinski definition) is 2. The SMILES string of the molecule is CC(CCC1CCC1)CCC(C)(N)C(=O)O. The summed E-state index contributed by atoms with van der Waals surface area (Å²) in [4.78, 5) is 10.8. The molecule has 0 spiro atoms. The van der Waals surface area contributed by atoms with E-state index in [2.05, 4.69) is 6.92 Å². The number of carboxylic acid groups (broad SMARTS) is 1. The van der Waals surface area contributed by atoms with E-state index in [9.17, 15) is 4.79 Å². The Morgan fingerprint density at radius 2 is 2.12 bits per heavy atom. The van der Waals surface area contributed by atoms with Gasteiger partial charge in [0.2, 0.25) is 0 Å². The van der Waals surface area contributed by atoms with Crippen LogP contribution in [0, 0.1) is 11.8 Å². The molecule has 3 N–H and O–H groups in total. The molecule has 0 aromatic rings. The number of carboxylic acids is 1. The van der Waals surface area contributed by atoms with E-state index in [0.717, 1.165) is 12.3 Å². The predicted octanol–water partition coefficient (Wildman–Crippen LogP) is 2.79. The third-order valence-electron chi connectivity index (χ3n) is 3.94. The second-order valence-electron chi connectivity index (χ2n) is 5.74. The molecule has 94 valence electrons. The van der Waals surface area contributed by atoms with Crippen molar-refractivity contribution in [2.24, 2.45) is 17.6 Å². The van der Waals surface area contributed by atoms with Crippen LogP contribution in [-0.4, -0.2) is 16.6 Å². The molecule has 1 fully saturated rings. The average molecular weight is 227 g/mol. The van der Waals surface area contributed by atoms with Crippen LogP contribution in [0.3, 0.4) is 0 Å². The molecule has 1 aliphatic rings. The molecule has 0 saturated heterocycles. The van der Waals surface area contributed by atoms with Gasteiger partial charge in [0, 0.05) is 0 Å². The first-order valence-electron chi connectivity index (χ1n) is 6.44. The first-order chi connectivity index (χ1) is 7.42. The normalized spacial score (nSPS) is 22.2. The first kappa shape index (κ1) is 13.5. The minimum absolute atomic E-state index is 0.578. The molecule has 0 aromatic heterocycles. The van der Waals surface area contributed by atoms with E-state index in [0.29, 0.717) is 12.3 Å². The zero-order valence-corrected chi connectivity index (χ0v) is 10.5. The highest BCUT2D eigenvalue weighted by Crippen LogP contribution is 2.32. The molecule has 0 amide bonds. The zero-order chi connectivity index (χ0) is 12.2. The van der Waals surface area contributed by atoms with Crippen LogP contribution in [0.4, 0.5) is 0 Å². The van der Waals surface area contributed by atoms with Gasteiger partial charge in [0.05, 0.1) is 0 Å². The second kappa shape index (κ2) is 5.67. The van der Waals surface area contributed by atoms with E-state index >= 15 is 0 Å². The van der Waals surface area contributed by atoms with E-state index in [1.54, 1.807) is 6.92 Å². The molecule has 2 unspecified atom stereocenters. The van der Waals surface area contributed by atoms with Crippen molar-refractivity contribution >= 4 is 5.97 Å². The molecule has 1 aliphatic carbocycles. The molecule has 0 bridgehead atoms. The van der Waals surface area contributed by atoms with Gasteiger partial charge < -0.3 is 10.8 Å². The van der Waals surface area contributed by atoms with Gasteiger partial charge in [-0.25, -0.2) is 0 Å². The predicted molar refractivity (Wildman–Crippen MR) is 65.2 cm³/mol. The average Bonchev–Trinajstić information content (AvgIpc) is 2.12. The molecule has 0 heterocycles. The Labute approximate surface area is 98.4 Å². The molecule has 16 heavy (non-hydrogen) atoms. The second-order valence-corrected chi connectivity index (χ2v) is 5.74. The summed E-state index contributed by atoms with van der Waals surface area (Å²) in [5.74, 6) is 0.660. The van der Waals surface area contributed by atoms with Crippen molar-refractivity contribution in [2.75, 3.05) is 0 Å². The van der Waals surface area contributed by atoms with Gasteiger partial charge >= 0.3 is 5.97 Å². The van der Waals surface area contributed by atoms with Crippen LogP contribution in [0.15, 0.2) is 0 Å². The van der Waals surface area contributed by atoms with Crippen LogP contribution in [0.1, 0.15) is 58.8 Å². The van der Waals surface area contributed by atoms with E-state index in [1.807, 2.05) is 0 Å². The Balaban J connectivity index is 2.13. The quantitative estimate of drug-likeness (QED) is 0.703. The van der Waals surface area contributed by atoms with Gasteiger partial charge in [-0.05, 0) is 31.6 Å². The maximum absolute atomic E-state index is 10.8. The van der Waals surface area contributed by atoms with Crippen molar-refractivity contribution < 1.29 is 9.90 Å². The lowest BCUT2D eigenvalue weighted by Gasteiger charge is -2.27. The smallest absolute Gasteiger partial charge is 0.323 e. The minimum Gasteiger partial charge on any atom is -0.480 e. The molecule has 1 rings (SSSR count). The van der Waals surface area contributed by atoms with Crippen molar-refractivity contribution in [1.82, 2.24) is 0 Å². The minimum atomic E-state index is -1.05. The highest BCUT2D eigenvalue weighted by atomic mass is 16.4. The molecular weight excluding hydrogens is 202 g/mol. The molecule has 3 heteroatoms. The van der Waals surface area contributed by atoms with E-state index in [4.69, 9.17) is 10.8 Å². The summed E-state index contributed by atoms with van der Waals surface area (Å²) < 4.78 is 0. The Hall–Kier alpha value is -0.570. The van der Waals surface area contributed by atoms with Crippen molar-refractivity contribution in [1.29, 1.82) is 0 Å². The third kappa shape index (κ3) is 4.12. The summed E-state index contributed by atoms with van der Waals surface area (Å²) in [7, 11) is 0. The van der Waals surface area contributed by atoms with Crippen LogP contribution in [0.2, 0.25) is 0 Å². The highest BCUT2D eigenvalue weighted by molar-refractivity contribution is 5.77. The lowest BCUT2D eigenvalue weighted by molar-refractivity contribution is -0.143. The number of rotatable bonds is 7. The van der Waals surface area contributed by atoms with Crippen LogP contribution in [0.25, 0.3) is 0 Å². The highest BCUT2D eigenvalue weighted by Gasteiger charge is 2.28. The maximum Gasteiger partial charge on any atom is 0.323 e. The fourth-order valence-corrected chi connectivity index (χ4v) is 2.10. The van der Waals surface area contributed by atoms with Gasteiger partial charge in [0.1, 0.15) is 5.54 Å². The van der Waals surface area contributed by atoms with E-state index in [-0.39, 0.29) is 0 Å². The lowest BCUT2D eigenvalue weighted by Crippen LogP contribution is -2.44. The van der Waals surface area contributed by atoms with Crippen LogP contribution >= 0.6 is 0 Å². The molecule has 2 atom stereocenters. The molecule has 0 radical (unpaired) electrons. The van der Waals surface area contributed by atoms with Crippen LogP contribution in [-0.2, 0) is 4.79 Å². The van der Waals surface area contributed by atoms with Gasteiger partial charge in [-0.2, -0.15) is 0 Å². The topological polar surface area (TPSA) is 63.3 Å². The number of aliphatic carboxylic acids is 1. The molecular formula is C13H25NO2. The van der Waals surface area contributed by atoms with Gasteiger partial charge in [-0.3, -0.25) is 4.79 Å². The number of nitrogens with two attached hydrogens (primary N) is 1. The van der Waals surface area contributed by atoms with Gasteiger partial charge in [0.15, 0.2) is 0 Å². The standard InChI is InChI=1S/C13H25NO2/c1-10(6-7-11-4-3-5-11)8-9-13(2,14)12(15)16/h10-11H,3-9,14H2,1-2H3,(H,15,16). The van der Waals surface area contributed by atoms with Crippen LogP contribution < -0.4 is 5.73 Å². The van der Waals surface area contributed by atoms with Gasteiger partial charge in [-0.15, -0.1) is 0 Å². The summed E-state index contributed by atoms with van der Waals surface area (Å²) >= 11 is 0. The summed E-state index contributed by atoms with van der Waals surface area (Å²) in [6.07, 6.45) is 8.24. The fourth-order valence-electron chi connectivity index (χ4n) is 2.10. The summed E-state index contributed by atoms with van der Waals surface area (Å²) in [5, 5.41) is 8.89. The Morgan fingerprint density at radius 3 is 2.56 bits per heavy atom. The monoisotopic (exact) mass is 227 g/mol. The summed E-state index contributed by atoms with van der Waals surface area (Å²) in [5.41, 5.74) is 4.65. The maximum atomic E-state index is 10.8. The van der Waals surface area contributed by atoms with E-state index < -0.39 is 11.5 Å². The molecule has 3 nitrogen and oxygen atoms in total. The van der Waals surface area contributed by atoms with Crippen molar-refractivity contribution in [3.05, 3.63) is 0 Å². The lowest BCUT2D eigenvalue weighted by atomic mass is 9.79. The van der Waals surface area contributed by atoms with Crippen molar-refractivity contribution in [2.45, 2.75) is 64.3 Å². The van der Waals surface area contributed by atoms with Gasteiger partial charge in [-0.1, -0.05) is 39.0 Å². The third-order valence-corrected chi connectivity index (χ3v) is 3.94. The Morgan fingerprint density at radius 1 is 1.50 bits per heavy atom. The fraction of sp³-hybridized carbons (Fsp3) is 0.923. The molecule has 1 saturated carbocycles. The number of hydrogen-bond acceptors (Lipinski definition) is 2. The Bertz CT molecular complexity index is 234. The molecule has 0 aliphatic heterocycles. The van der Waals surface area contributed by atoms with Crippen LogP contribution in [0.5, 0.6) is 0 Å². The molecule has 0 aromatic carbocycles. The van der Waals surface area contributed by atoms with Crippen molar-refractivity contribution in [3.8, 4) is 0 Å². The zero-order valence-electron chi connectivity index (χ0n) is 10.5. The summed E-state index contributed by atoms with van der Waals surface area (Å²) in [6.45, 7) is 3.81. The van der Waals surface area contributed by atoms with Crippen molar-refractivity contribution in [3.63, 3.8) is 0 Å². The Kier molecular flexibility index (Phi) is 4.78. The first-order valence-corrected chi connectivity index (χ1v) is 6.44. The van der Waals surface area contributed by atoms with Gasteiger partial charge in [0.25, 0.3) is 0 Å². The van der Waals surface area contributed by atoms with E-state index in [1.165, 1.54) is 32.1 Å². The largest absolute Gasteiger partial charge is 0.480 e.